The van der Waals surface area contributed by atoms with E-state index in [0.29, 0.717) is 5.92 Å². The number of benzene rings is 1. The Morgan fingerprint density at radius 2 is 2.14 bits per heavy atom. The number of fused-ring (bicyclic) bond motifs is 1. The number of nitrogens with two attached hydrogens (primary N) is 1. The molecule has 1 aromatic carbocycles. The zero-order valence-electron chi connectivity index (χ0n) is 13.0. The third-order valence-corrected chi connectivity index (χ3v) is 4.12. The number of hydrogen-bond acceptors (Lipinski definition) is 3. The van der Waals surface area contributed by atoms with E-state index in [4.69, 9.17) is 10.5 Å². The fraction of sp³-hybridized carbons (Fsp3) is 0.471. The van der Waals surface area contributed by atoms with Crippen LogP contribution in [0, 0.1) is 6.92 Å². The number of anilines is 1. The highest BCUT2D eigenvalue weighted by atomic mass is 16.5. The molecule has 0 saturated heterocycles. The first-order valence-electron chi connectivity index (χ1n) is 7.64. The molecular formula is C17H23N3O. The summed E-state index contributed by atoms with van der Waals surface area (Å²) in [6.45, 7) is 7.15. The van der Waals surface area contributed by atoms with E-state index in [0.717, 1.165) is 36.7 Å². The molecule has 0 fully saturated rings. The lowest BCUT2D eigenvalue weighted by atomic mass is 9.95. The van der Waals surface area contributed by atoms with E-state index in [9.17, 15) is 0 Å². The SMILES string of the molecule is Cc1cc(N)n(C2CCCOc3ccc(C(C)C)cc32)n1. The number of nitrogen functional groups attached to an aromatic ring is 1. The number of hydrogen-bond donors (Lipinski definition) is 1. The largest absolute Gasteiger partial charge is 0.493 e. The smallest absolute Gasteiger partial charge is 0.124 e. The van der Waals surface area contributed by atoms with Crippen molar-refractivity contribution in [1.29, 1.82) is 0 Å². The molecule has 1 aromatic heterocycles. The van der Waals surface area contributed by atoms with Crippen LogP contribution in [0.5, 0.6) is 5.75 Å². The summed E-state index contributed by atoms with van der Waals surface area (Å²) in [4.78, 5) is 0. The molecule has 0 radical (unpaired) electrons. The van der Waals surface area contributed by atoms with Gasteiger partial charge in [-0.3, -0.25) is 0 Å². The maximum Gasteiger partial charge on any atom is 0.124 e. The lowest BCUT2D eigenvalue weighted by molar-refractivity contribution is 0.315. The summed E-state index contributed by atoms with van der Waals surface area (Å²) in [5.41, 5.74) is 9.62. The molecular weight excluding hydrogens is 262 g/mol. The standard InChI is InChI=1S/C17H23N3O/c1-11(2)13-6-7-16-14(10-13)15(5-4-8-21-16)20-17(18)9-12(3)19-20/h6-7,9-11,15H,4-5,8,18H2,1-3H3. The molecule has 1 atom stereocenters. The van der Waals surface area contributed by atoms with E-state index in [2.05, 4.69) is 37.1 Å². The van der Waals surface area contributed by atoms with Crippen molar-refractivity contribution < 1.29 is 4.74 Å². The molecule has 3 rings (SSSR count). The Morgan fingerprint density at radius 1 is 1.33 bits per heavy atom. The summed E-state index contributed by atoms with van der Waals surface area (Å²) in [5, 5.41) is 4.59. The maximum absolute atomic E-state index is 6.14. The Hall–Kier alpha value is -1.97. The van der Waals surface area contributed by atoms with Gasteiger partial charge in [0, 0.05) is 11.6 Å². The number of nitrogens with zero attached hydrogens (tertiary/aromatic N) is 2. The first-order chi connectivity index (χ1) is 10.1. The molecule has 1 unspecified atom stereocenters. The molecule has 2 aromatic rings. The van der Waals surface area contributed by atoms with Crippen LogP contribution >= 0.6 is 0 Å². The van der Waals surface area contributed by atoms with Crippen LogP contribution in [0.1, 0.15) is 55.5 Å². The number of aromatic nitrogens is 2. The third-order valence-electron chi connectivity index (χ3n) is 4.12. The normalized spacial score (nSPS) is 18.2. The molecule has 21 heavy (non-hydrogen) atoms. The Labute approximate surface area is 125 Å². The van der Waals surface area contributed by atoms with Crippen LogP contribution in [0.15, 0.2) is 24.3 Å². The van der Waals surface area contributed by atoms with E-state index in [1.165, 1.54) is 11.1 Å². The highest BCUT2D eigenvalue weighted by molar-refractivity contribution is 5.43. The van der Waals surface area contributed by atoms with E-state index in [1.54, 1.807) is 0 Å². The molecule has 2 N–H and O–H groups in total. The van der Waals surface area contributed by atoms with Crippen LogP contribution in [-0.2, 0) is 0 Å². The van der Waals surface area contributed by atoms with Gasteiger partial charge >= 0.3 is 0 Å². The van der Waals surface area contributed by atoms with Crippen molar-refractivity contribution in [2.45, 2.75) is 45.6 Å². The van der Waals surface area contributed by atoms with Crippen LogP contribution in [0.25, 0.3) is 0 Å². The van der Waals surface area contributed by atoms with Crippen LogP contribution in [0.3, 0.4) is 0 Å². The lowest BCUT2D eigenvalue weighted by Gasteiger charge is -2.20. The second kappa shape index (κ2) is 5.43. The summed E-state index contributed by atoms with van der Waals surface area (Å²) < 4.78 is 7.85. The van der Waals surface area contributed by atoms with E-state index in [-0.39, 0.29) is 6.04 Å². The van der Waals surface area contributed by atoms with Gasteiger partial charge in [-0.15, -0.1) is 0 Å². The van der Waals surface area contributed by atoms with E-state index in [1.807, 2.05) is 17.7 Å². The van der Waals surface area contributed by atoms with E-state index >= 15 is 0 Å². The molecule has 0 spiro atoms. The molecule has 0 saturated carbocycles. The first-order valence-corrected chi connectivity index (χ1v) is 7.64. The van der Waals surface area contributed by atoms with Gasteiger partial charge in [-0.05, 0) is 43.4 Å². The molecule has 1 aliphatic heterocycles. The summed E-state index contributed by atoms with van der Waals surface area (Å²) in [6.07, 6.45) is 2.01. The fourth-order valence-corrected chi connectivity index (χ4v) is 2.97. The Kier molecular flexibility index (Phi) is 3.62. The zero-order chi connectivity index (χ0) is 15.0. The average molecular weight is 285 g/mol. The molecule has 4 heteroatoms. The zero-order valence-corrected chi connectivity index (χ0v) is 13.0. The van der Waals surface area contributed by atoms with Gasteiger partial charge < -0.3 is 10.5 Å². The van der Waals surface area contributed by atoms with Crippen molar-refractivity contribution in [2.75, 3.05) is 12.3 Å². The van der Waals surface area contributed by atoms with Crippen molar-refractivity contribution >= 4 is 5.82 Å². The monoisotopic (exact) mass is 285 g/mol. The van der Waals surface area contributed by atoms with Crippen molar-refractivity contribution in [3.05, 3.63) is 41.1 Å². The van der Waals surface area contributed by atoms with Gasteiger partial charge in [-0.2, -0.15) is 5.10 Å². The minimum atomic E-state index is 0.162. The van der Waals surface area contributed by atoms with Gasteiger partial charge in [0.05, 0.1) is 18.3 Å². The summed E-state index contributed by atoms with van der Waals surface area (Å²) in [7, 11) is 0. The van der Waals surface area contributed by atoms with Crippen molar-refractivity contribution in [1.82, 2.24) is 9.78 Å². The van der Waals surface area contributed by atoms with Gasteiger partial charge in [-0.25, -0.2) is 4.68 Å². The predicted octanol–water partition coefficient (Wildman–Crippen LogP) is 3.66. The Balaban J connectivity index is 2.10. The minimum absolute atomic E-state index is 0.162. The van der Waals surface area contributed by atoms with Crippen LogP contribution < -0.4 is 10.5 Å². The molecule has 2 heterocycles. The van der Waals surface area contributed by atoms with Crippen molar-refractivity contribution in [3.63, 3.8) is 0 Å². The van der Waals surface area contributed by atoms with Crippen LogP contribution in [-0.4, -0.2) is 16.4 Å². The molecule has 4 nitrogen and oxygen atoms in total. The second-order valence-electron chi connectivity index (χ2n) is 6.11. The van der Waals surface area contributed by atoms with Gasteiger partial charge in [0.1, 0.15) is 11.6 Å². The predicted molar refractivity (Wildman–Crippen MR) is 84.8 cm³/mol. The van der Waals surface area contributed by atoms with E-state index < -0.39 is 0 Å². The van der Waals surface area contributed by atoms with Crippen LogP contribution in [0.2, 0.25) is 0 Å². The Bertz CT molecular complexity index is 645. The summed E-state index contributed by atoms with van der Waals surface area (Å²) >= 11 is 0. The van der Waals surface area contributed by atoms with Gasteiger partial charge in [0.25, 0.3) is 0 Å². The molecule has 0 bridgehead atoms. The second-order valence-corrected chi connectivity index (χ2v) is 6.11. The van der Waals surface area contributed by atoms with Gasteiger partial charge in [0.2, 0.25) is 0 Å². The number of ether oxygens (including phenoxy) is 1. The molecule has 0 amide bonds. The maximum atomic E-state index is 6.14. The molecule has 112 valence electrons. The quantitative estimate of drug-likeness (QED) is 0.916. The van der Waals surface area contributed by atoms with Gasteiger partial charge in [-0.1, -0.05) is 19.9 Å². The topological polar surface area (TPSA) is 53.1 Å². The molecule has 0 aliphatic carbocycles. The third kappa shape index (κ3) is 2.62. The highest BCUT2D eigenvalue weighted by Gasteiger charge is 2.24. The van der Waals surface area contributed by atoms with Crippen molar-refractivity contribution in [2.24, 2.45) is 0 Å². The fourth-order valence-electron chi connectivity index (χ4n) is 2.97. The number of rotatable bonds is 2. The highest BCUT2D eigenvalue weighted by Crippen LogP contribution is 2.37. The van der Waals surface area contributed by atoms with Crippen LogP contribution in [0.4, 0.5) is 5.82 Å². The minimum Gasteiger partial charge on any atom is -0.493 e. The average Bonchev–Trinajstić information content (AvgIpc) is 2.67. The summed E-state index contributed by atoms with van der Waals surface area (Å²) in [5.74, 6) is 2.19. The molecule has 1 aliphatic rings. The first kappa shape index (κ1) is 14.0. The Morgan fingerprint density at radius 3 is 2.81 bits per heavy atom. The number of aryl methyl sites for hydroxylation is 1. The summed E-state index contributed by atoms with van der Waals surface area (Å²) in [6, 6.07) is 8.60. The lowest BCUT2D eigenvalue weighted by Crippen LogP contribution is -2.14. The van der Waals surface area contributed by atoms with Gasteiger partial charge in [0.15, 0.2) is 0 Å². The van der Waals surface area contributed by atoms with Crippen molar-refractivity contribution in [3.8, 4) is 5.75 Å².